The third-order valence-corrected chi connectivity index (χ3v) is 3.23. The highest BCUT2D eigenvalue weighted by molar-refractivity contribution is 5.67. The summed E-state index contributed by atoms with van der Waals surface area (Å²) >= 11 is 0. The maximum Gasteiger partial charge on any atom is 0.304 e. The largest absolute Gasteiger partial charge is 0.492 e. The molecule has 19 heavy (non-hydrogen) atoms. The number of aryl methyl sites for hydroxylation is 1. The summed E-state index contributed by atoms with van der Waals surface area (Å²) in [7, 11) is 0. The van der Waals surface area contributed by atoms with Gasteiger partial charge in [0.2, 0.25) is 0 Å². The summed E-state index contributed by atoms with van der Waals surface area (Å²) in [5.41, 5.74) is 1.11. The third-order valence-electron chi connectivity index (χ3n) is 3.23. The fourth-order valence-corrected chi connectivity index (χ4v) is 2.06. The molecule has 4 nitrogen and oxygen atoms in total. The van der Waals surface area contributed by atoms with Crippen molar-refractivity contribution >= 4 is 5.97 Å². The molecular formula is C15H23NO3. The van der Waals surface area contributed by atoms with E-state index < -0.39 is 5.97 Å². The van der Waals surface area contributed by atoms with Gasteiger partial charge in [-0.25, -0.2) is 0 Å². The summed E-state index contributed by atoms with van der Waals surface area (Å²) in [6.07, 6.45) is 0.165. The number of carbonyl (C=O) groups is 1. The lowest BCUT2D eigenvalue weighted by atomic mass is 10.2. The molecule has 0 aliphatic heterocycles. The number of likely N-dealkylation sites (N-methyl/N-ethyl adjacent to an activating group) is 1. The SMILES string of the molecule is CCN(CCOc1ccccc1C)C(C)CC(=O)O. The van der Waals surface area contributed by atoms with Gasteiger partial charge in [-0.1, -0.05) is 25.1 Å². The lowest BCUT2D eigenvalue weighted by Crippen LogP contribution is -2.37. The number of aliphatic carboxylic acids is 1. The smallest absolute Gasteiger partial charge is 0.304 e. The van der Waals surface area contributed by atoms with E-state index in [0.29, 0.717) is 6.61 Å². The highest BCUT2D eigenvalue weighted by Crippen LogP contribution is 2.16. The zero-order valence-corrected chi connectivity index (χ0v) is 11.9. The molecule has 0 aliphatic rings. The van der Waals surface area contributed by atoms with Crippen LogP contribution in [0.4, 0.5) is 0 Å². The summed E-state index contributed by atoms with van der Waals surface area (Å²) in [4.78, 5) is 12.8. The van der Waals surface area contributed by atoms with Gasteiger partial charge in [-0.05, 0) is 32.0 Å². The lowest BCUT2D eigenvalue weighted by Gasteiger charge is -2.26. The molecular weight excluding hydrogens is 242 g/mol. The van der Waals surface area contributed by atoms with E-state index in [4.69, 9.17) is 9.84 Å². The minimum Gasteiger partial charge on any atom is -0.492 e. The Labute approximate surface area is 115 Å². The number of rotatable bonds is 8. The molecule has 1 N–H and O–H groups in total. The van der Waals surface area contributed by atoms with Crippen molar-refractivity contribution in [3.05, 3.63) is 29.8 Å². The van der Waals surface area contributed by atoms with Crippen LogP contribution in [0, 0.1) is 6.92 Å². The predicted octanol–water partition coefficient (Wildman–Crippen LogP) is 2.56. The molecule has 0 saturated carbocycles. The van der Waals surface area contributed by atoms with E-state index in [9.17, 15) is 4.79 Å². The van der Waals surface area contributed by atoms with Crippen LogP contribution < -0.4 is 4.74 Å². The van der Waals surface area contributed by atoms with Gasteiger partial charge in [0.1, 0.15) is 12.4 Å². The number of carboxylic acids is 1. The van der Waals surface area contributed by atoms with Crippen molar-refractivity contribution in [1.82, 2.24) is 4.90 Å². The Morgan fingerprint density at radius 1 is 1.42 bits per heavy atom. The fourth-order valence-electron chi connectivity index (χ4n) is 2.06. The van der Waals surface area contributed by atoms with Gasteiger partial charge < -0.3 is 9.84 Å². The van der Waals surface area contributed by atoms with E-state index in [0.717, 1.165) is 24.4 Å². The lowest BCUT2D eigenvalue weighted by molar-refractivity contribution is -0.138. The van der Waals surface area contributed by atoms with Crippen LogP contribution in [-0.2, 0) is 4.79 Å². The molecule has 4 heteroatoms. The van der Waals surface area contributed by atoms with Crippen molar-refractivity contribution in [2.75, 3.05) is 19.7 Å². The number of hydrogen-bond donors (Lipinski definition) is 1. The second-order valence-corrected chi connectivity index (χ2v) is 4.69. The van der Waals surface area contributed by atoms with Crippen LogP contribution in [0.3, 0.4) is 0 Å². The first-order valence-corrected chi connectivity index (χ1v) is 6.68. The molecule has 0 aliphatic carbocycles. The summed E-state index contributed by atoms with van der Waals surface area (Å²) in [6.45, 7) is 8.12. The Morgan fingerprint density at radius 3 is 2.68 bits per heavy atom. The maximum atomic E-state index is 10.7. The standard InChI is InChI=1S/C15H23NO3/c1-4-16(13(3)11-15(17)18)9-10-19-14-8-6-5-7-12(14)2/h5-8,13H,4,9-11H2,1-3H3,(H,17,18). The van der Waals surface area contributed by atoms with Gasteiger partial charge in [-0.2, -0.15) is 0 Å². The van der Waals surface area contributed by atoms with Crippen LogP contribution in [0.15, 0.2) is 24.3 Å². The van der Waals surface area contributed by atoms with E-state index in [2.05, 4.69) is 4.90 Å². The van der Waals surface area contributed by atoms with Gasteiger partial charge in [-0.3, -0.25) is 9.69 Å². The van der Waals surface area contributed by atoms with E-state index >= 15 is 0 Å². The Balaban J connectivity index is 2.42. The molecule has 0 heterocycles. The Hall–Kier alpha value is -1.55. The number of para-hydroxylation sites is 1. The minimum absolute atomic E-state index is 0.0305. The van der Waals surface area contributed by atoms with Crippen molar-refractivity contribution in [3.63, 3.8) is 0 Å². The predicted molar refractivity (Wildman–Crippen MR) is 75.6 cm³/mol. The van der Waals surface area contributed by atoms with Crippen molar-refractivity contribution in [1.29, 1.82) is 0 Å². The molecule has 0 radical (unpaired) electrons. The molecule has 1 unspecified atom stereocenters. The molecule has 0 saturated heterocycles. The quantitative estimate of drug-likeness (QED) is 0.785. The second-order valence-electron chi connectivity index (χ2n) is 4.69. The average Bonchev–Trinajstić information content (AvgIpc) is 2.35. The topological polar surface area (TPSA) is 49.8 Å². The molecule has 0 bridgehead atoms. The van der Waals surface area contributed by atoms with Gasteiger partial charge in [0.15, 0.2) is 0 Å². The summed E-state index contributed by atoms with van der Waals surface area (Å²) in [5, 5.41) is 8.81. The first-order chi connectivity index (χ1) is 9.04. The minimum atomic E-state index is -0.759. The van der Waals surface area contributed by atoms with Gasteiger partial charge in [0.25, 0.3) is 0 Å². The van der Waals surface area contributed by atoms with Crippen molar-refractivity contribution in [2.45, 2.75) is 33.2 Å². The molecule has 0 fully saturated rings. The van der Waals surface area contributed by atoms with Crippen molar-refractivity contribution in [3.8, 4) is 5.75 Å². The van der Waals surface area contributed by atoms with Crippen LogP contribution in [0.1, 0.15) is 25.8 Å². The molecule has 0 amide bonds. The number of ether oxygens (including phenoxy) is 1. The Kier molecular flexibility index (Phi) is 6.36. The van der Waals surface area contributed by atoms with Crippen LogP contribution in [0.2, 0.25) is 0 Å². The molecule has 106 valence electrons. The molecule has 0 aromatic heterocycles. The fraction of sp³-hybridized carbons (Fsp3) is 0.533. The van der Waals surface area contributed by atoms with E-state index in [1.807, 2.05) is 45.0 Å². The number of hydrogen-bond acceptors (Lipinski definition) is 3. The van der Waals surface area contributed by atoms with Gasteiger partial charge in [-0.15, -0.1) is 0 Å². The summed E-state index contributed by atoms with van der Waals surface area (Å²) < 4.78 is 5.74. The van der Waals surface area contributed by atoms with Crippen LogP contribution in [0.25, 0.3) is 0 Å². The van der Waals surface area contributed by atoms with E-state index in [1.165, 1.54) is 0 Å². The first kappa shape index (κ1) is 15.5. The highest BCUT2D eigenvalue weighted by atomic mass is 16.5. The normalized spacial score (nSPS) is 12.4. The summed E-state index contributed by atoms with van der Waals surface area (Å²) in [6, 6.07) is 7.93. The van der Waals surface area contributed by atoms with Crippen molar-refractivity contribution in [2.24, 2.45) is 0 Å². The summed E-state index contributed by atoms with van der Waals surface area (Å²) in [5.74, 6) is 0.134. The Morgan fingerprint density at radius 2 is 2.11 bits per heavy atom. The molecule has 1 atom stereocenters. The van der Waals surface area contributed by atoms with Crippen LogP contribution in [-0.4, -0.2) is 41.7 Å². The number of nitrogens with zero attached hydrogens (tertiary/aromatic N) is 1. The number of carboxylic acid groups (broad SMARTS) is 1. The van der Waals surface area contributed by atoms with Crippen LogP contribution in [0.5, 0.6) is 5.75 Å². The highest BCUT2D eigenvalue weighted by Gasteiger charge is 2.15. The van der Waals surface area contributed by atoms with E-state index in [1.54, 1.807) is 0 Å². The molecule has 0 spiro atoms. The zero-order chi connectivity index (χ0) is 14.3. The van der Waals surface area contributed by atoms with Gasteiger partial charge >= 0.3 is 5.97 Å². The second kappa shape index (κ2) is 7.79. The molecule has 1 rings (SSSR count). The third kappa shape index (κ3) is 5.30. The zero-order valence-electron chi connectivity index (χ0n) is 11.9. The van der Waals surface area contributed by atoms with E-state index in [-0.39, 0.29) is 12.5 Å². The van der Waals surface area contributed by atoms with Gasteiger partial charge in [0.05, 0.1) is 6.42 Å². The van der Waals surface area contributed by atoms with Crippen molar-refractivity contribution < 1.29 is 14.6 Å². The van der Waals surface area contributed by atoms with Crippen LogP contribution >= 0.6 is 0 Å². The average molecular weight is 265 g/mol. The number of benzene rings is 1. The molecule has 1 aromatic carbocycles. The van der Waals surface area contributed by atoms with Gasteiger partial charge in [0, 0.05) is 12.6 Å². The maximum absolute atomic E-state index is 10.7. The Bertz CT molecular complexity index is 406. The monoisotopic (exact) mass is 265 g/mol. The first-order valence-electron chi connectivity index (χ1n) is 6.68. The molecule has 1 aromatic rings.